The molecule has 0 bridgehead atoms. The highest BCUT2D eigenvalue weighted by Crippen LogP contribution is 2.20. The van der Waals surface area contributed by atoms with Gasteiger partial charge in [-0.05, 0) is 12.1 Å². The molecule has 0 saturated carbocycles. The maximum Gasteiger partial charge on any atom is 0.322 e. The lowest BCUT2D eigenvalue weighted by Crippen LogP contribution is -2.39. The minimum atomic E-state index is -0.402. The fourth-order valence-corrected chi connectivity index (χ4v) is 1.50. The van der Waals surface area contributed by atoms with Crippen molar-refractivity contribution in [1.29, 1.82) is 0 Å². The van der Waals surface area contributed by atoms with Gasteiger partial charge in [-0.1, -0.05) is 23.7 Å². The van der Waals surface area contributed by atoms with E-state index in [0.29, 0.717) is 10.7 Å². The Hall–Kier alpha value is -1.30. The Morgan fingerprint density at radius 2 is 1.82 bits per heavy atom. The lowest BCUT2D eigenvalue weighted by Gasteiger charge is -2.21. The predicted octanol–water partition coefficient (Wildman–Crippen LogP) is 1.16. The van der Waals surface area contributed by atoms with Crippen LogP contribution in [0.25, 0.3) is 0 Å². The molecule has 0 fully saturated rings. The van der Waals surface area contributed by atoms with E-state index in [1.54, 1.807) is 24.3 Å². The van der Waals surface area contributed by atoms with E-state index in [0.717, 1.165) is 0 Å². The van der Waals surface area contributed by atoms with Gasteiger partial charge in [0.25, 0.3) is 0 Å². The van der Waals surface area contributed by atoms with E-state index < -0.39 is 6.03 Å². The number of carbonyl (C=O) groups is 1. The molecule has 5 nitrogen and oxygen atoms in total. The zero-order valence-corrected chi connectivity index (χ0v) is 10.0. The Labute approximate surface area is 105 Å². The van der Waals surface area contributed by atoms with E-state index in [-0.39, 0.29) is 26.3 Å². The number of hydrogen-bond donors (Lipinski definition) is 3. The maximum absolute atomic E-state index is 11.8. The van der Waals surface area contributed by atoms with E-state index in [1.165, 1.54) is 4.90 Å². The summed E-state index contributed by atoms with van der Waals surface area (Å²) in [5.74, 6) is 0. The molecule has 94 valence electrons. The predicted molar refractivity (Wildman–Crippen MR) is 66.2 cm³/mol. The van der Waals surface area contributed by atoms with Gasteiger partial charge in [-0.25, -0.2) is 4.79 Å². The van der Waals surface area contributed by atoms with Gasteiger partial charge in [0.2, 0.25) is 0 Å². The summed E-state index contributed by atoms with van der Waals surface area (Å²) >= 11 is 5.90. The Bertz CT molecular complexity index is 367. The summed E-state index contributed by atoms with van der Waals surface area (Å²) in [7, 11) is 0. The Balaban J connectivity index is 2.66. The molecule has 0 unspecified atom stereocenters. The van der Waals surface area contributed by atoms with Gasteiger partial charge in [-0.2, -0.15) is 0 Å². The number of aliphatic hydroxyl groups excluding tert-OH is 2. The number of nitrogens with one attached hydrogen (secondary N) is 1. The minimum absolute atomic E-state index is 0.157. The van der Waals surface area contributed by atoms with Gasteiger partial charge in [-0.15, -0.1) is 0 Å². The summed E-state index contributed by atoms with van der Waals surface area (Å²) in [5.41, 5.74) is 0.500. The number of hydrogen-bond acceptors (Lipinski definition) is 3. The standard InChI is InChI=1S/C11H15ClN2O3/c12-9-3-1-2-4-10(9)13-11(17)14(5-7-15)6-8-16/h1-4,15-16H,5-8H2,(H,13,17). The molecule has 1 aromatic carbocycles. The molecule has 0 spiro atoms. The molecule has 0 radical (unpaired) electrons. The highest BCUT2D eigenvalue weighted by molar-refractivity contribution is 6.33. The molecule has 0 saturated heterocycles. The van der Waals surface area contributed by atoms with Crippen LogP contribution in [0.1, 0.15) is 0 Å². The maximum atomic E-state index is 11.8. The molecular formula is C11H15ClN2O3. The molecule has 6 heteroatoms. The van der Waals surface area contributed by atoms with Crippen LogP contribution in [0.3, 0.4) is 0 Å². The topological polar surface area (TPSA) is 72.8 Å². The van der Waals surface area contributed by atoms with Gasteiger partial charge in [0.05, 0.1) is 23.9 Å². The lowest BCUT2D eigenvalue weighted by atomic mass is 10.3. The van der Waals surface area contributed by atoms with Gasteiger partial charge < -0.3 is 20.4 Å². The number of carbonyl (C=O) groups excluding carboxylic acids is 1. The van der Waals surface area contributed by atoms with Crippen LogP contribution >= 0.6 is 11.6 Å². The Kier molecular flexibility index (Phi) is 5.76. The Morgan fingerprint density at radius 3 is 2.35 bits per heavy atom. The molecule has 2 amide bonds. The van der Waals surface area contributed by atoms with Crippen LogP contribution < -0.4 is 5.32 Å². The molecule has 0 aliphatic carbocycles. The summed E-state index contributed by atoms with van der Waals surface area (Å²) < 4.78 is 0. The number of benzene rings is 1. The van der Waals surface area contributed by atoms with Crippen molar-refractivity contribution in [3.63, 3.8) is 0 Å². The van der Waals surface area contributed by atoms with Crippen LogP contribution in [-0.4, -0.2) is 47.4 Å². The van der Waals surface area contributed by atoms with Gasteiger partial charge in [0.15, 0.2) is 0 Å². The number of rotatable bonds is 5. The first kappa shape index (κ1) is 13.8. The molecule has 0 atom stereocenters. The Morgan fingerprint density at radius 1 is 1.24 bits per heavy atom. The fraction of sp³-hybridized carbons (Fsp3) is 0.364. The van der Waals surface area contributed by atoms with Crippen molar-refractivity contribution in [1.82, 2.24) is 4.90 Å². The van der Waals surface area contributed by atoms with Crippen molar-refractivity contribution in [2.24, 2.45) is 0 Å². The van der Waals surface area contributed by atoms with Crippen LogP contribution in [0, 0.1) is 0 Å². The zero-order chi connectivity index (χ0) is 12.7. The zero-order valence-electron chi connectivity index (χ0n) is 9.27. The third-order valence-corrected chi connectivity index (χ3v) is 2.47. The SMILES string of the molecule is O=C(Nc1ccccc1Cl)N(CCO)CCO. The smallest absolute Gasteiger partial charge is 0.322 e. The van der Waals surface area contributed by atoms with E-state index in [4.69, 9.17) is 21.8 Å². The second-order valence-electron chi connectivity index (χ2n) is 3.34. The number of amides is 2. The molecular weight excluding hydrogens is 244 g/mol. The van der Waals surface area contributed by atoms with Gasteiger partial charge in [-0.3, -0.25) is 0 Å². The highest BCUT2D eigenvalue weighted by Gasteiger charge is 2.13. The van der Waals surface area contributed by atoms with E-state index in [1.807, 2.05) is 0 Å². The first-order valence-corrected chi connectivity index (χ1v) is 5.59. The molecule has 17 heavy (non-hydrogen) atoms. The van der Waals surface area contributed by atoms with E-state index in [2.05, 4.69) is 5.32 Å². The normalized spacial score (nSPS) is 10.1. The van der Waals surface area contributed by atoms with Crippen LogP contribution in [0.2, 0.25) is 5.02 Å². The molecule has 1 aromatic rings. The highest BCUT2D eigenvalue weighted by atomic mass is 35.5. The number of urea groups is 1. The third-order valence-electron chi connectivity index (χ3n) is 2.14. The van der Waals surface area contributed by atoms with Crippen LogP contribution in [-0.2, 0) is 0 Å². The molecule has 0 heterocycles. The van der Waals surface area contributed by atoms with E-state index >= 15 is 0 Å². The van der Waals surface area contributed by atoms with Crippen molar-refractivity contribution in [3.8, 4) is 0 Å². The van der Waals surface area contributed by atoms with Gasteiger partial charge in [0, 0.05) is 13.1 Å². The number of anilines is 1. The summed E-state index contributed by atoms with van der Waals surface area (Å²) in [6.07, 6.45) is 0. The number of para-hydroxylation sites is 1. The molecule has 0 aliphatic rings. The summed E-state index contributed by atoms with van der Waals surface area (Å²) in [6, 6.07) is 6.46. The first-order valence-electron chi connectivity index (χ1n) is 5.21. The number of halogens is 1. The average Bonchev–Trinajstić information content (AvgIpc) is 2.32. The van der Waals surface area contributed by atoms with E-state index in [9.17, 15) is 4.79 Å². The van der Waals surface area contributed by atoms with Crippen LogP contribution in [0.4, 0.5) is 10.5 Å². The third kappa shape index (κ3) is 4.22. The summed E-state index contributed by atoms with van der Waals surface area (Å²) in [5, 5.41) is 20.7. The molecule has 0 aliphatic heterocycles. The molecule has 0 aromatic heterocycles. The lowest BCUT2D eigenvalue weighted by molar-refractivity contribution is 0.167. The van der Waals surface area contributed by atoms with Crippen molar-refractivity contribution in [2.45, 2.75) is 0 Å². The second kappa shape index (κ2) is 7.11. The monoisotopic (exact) mass is 258 g/mol. The first-order chi connectivity index (χ1) is 8.19. The summed E-state index contributed by atoms with van der Waals surface area (Å²) in [6.45, 7) is 0.0135. The van der Waals surface area contributed by atoms with Crippen molar-refractivity contribution >= 4 is 23.3 Å². The van der Waals surface area contributed by atoms with Crippen LogP contribution in [0.15, 0.2) is 24.3 Å². The van der Waals surface area contributed by atoms with Gasteiger partial charge in [0.1, 0.15) is 0 Å². The summed E-state index contributed by atoms with van der Waals surface area (Å²) in [4.78, 5) is 13.1. The average molecular weight is 259 g/mol. The number of nitrogens with zero attached hydrogens (tertiary/aromatic N) is 1. The fourth-order valence-electron chi connectivity index (χ4n) is 1.31. The van der Waals surface area contributed by atoms with Crippen molar-refractivity contribution in [2.75, 3.05) is 31.6 Å². The van der Waals surface area contributed by atoms with Crippen molar-refractivity contribution < 1.29 is 15.0 Å². The van der Waals surface area contributed by atoms with Crippen LogP contribution in [0.5, 0.6) is 0 Å². The molecule has 3 N–H and O–H groups in total. The van der Waals surface area contributed by atoms with Gasteiger partial charge >= 0.3 is 6.03 Å². The van der Waals surface area contributed by atoms with Crippen molar-refractivity contribution in [3.05, 3.63) is 29.3 Å². The second-order valence-corrected chi connectivity index (χ2v) is 3.75. The minimum Gasteiger partial charge on any atom is -0.395 e. The quantitative estimate of drug-likeness (QED) is 0.742. The molecule has 1 rings (SSSR count). The largest absolute Gasteiger partial charge is 0.395 e. The number of aliphatic hydroxyl groups is 2.